The minimum atomic E-state index is -0.929. The van der Waals surface area contributed by atoms with E-state index in [0.717, 1.165) is 0 Å². The molecule has 2 nitrogen and oxygen atoms in total. The summed E-state index contributed by atoms with van der Waals surface area (Å²) in [4.78, 5) is 10.4. The van der Waals surface area contributed by atoms with Gasteiger partial charge >= 0.3 is 29.6 Å². The molecule has 0 aliphatic heterocycles. The third-order valence-electron chi connectivity index (χ3n) is 2.03. The molecule has 1 fully saturated rings. The van der Waals surface area contributed by atoms with Gasteiger partial charge in [-0.15, -0.1) is 11.8 Å². The predicted octanol–water partition coefficient (Wildman–Crippen LogP) is -2.20. The molecule has 64 valence electrons. The molecule has 1 aliphatic carbocycles. The molecule has 0 amide bonds. The van der Waals surface area contributed by atoms with E-state index in [1.54, 1.807) is 18.7 Å². The second-order valence-corrected chi connectivity index (χ2v) is 4.65. The molecule has 0 radical (unpaired) electrons. The van der Waals surface area contributed by atoms with Gasteiger partial charge in [0.05, 0.1) is 5.97 Å². The number of carboxylic acid groups (broad SMARTS) is 1. The summed E-state index contributed by atoms with van der Waals surface area (Å²) in [5, 5.41) is 10.6. The number of rotatable bonds is 3. The smallest absolute Gasteiger partial charge is 0.549 e. The van der Waals surface area contributed by atoms with E-state index < -0.39 is 5.97 Å². The molecule has 1 saturated carbocycles. The molecule has 0 heterocycles. The molecule has 0 aromatic rings. The average Bonchev–Trinajstić information content (AvgIpc) is 2.39. The molecule has 1 aliphatic rings. The van der Waals surface area contributed by atoms with Gasteiger partial charge in [0.2, 0.25) is 0 Å². The quantitative estimate of drug-likeness (QED) is 0.481. The van der Waals surface area contributed by atoms with Crippen LogP contribution in [0.15, 0.2) is 0 Å². The Morgan fingerprint density at radius 3 is 2.42 bits per heavy atom. The van der Waals surface area contributed by atoms with Crippen LogP contribution in [0.1, 0.15) is 32.6 Å². The van der Waals surface area contributed by atoms with Crippen molar-refractivity contribution in [2.24, 2.45) is 0 Å². The van der Waals surface area contributed by atoms with E-state index in [1.165, 1.54) is 25.7 Å². The van der Waals surface area contributed by atoms with Crippen LogP contribution in [0.4, 0.5) is 0 Å². The van der Waals surface area contributed by atoms with Crippen molar-refractivity contribution in [3.8, 4) is 0 Å². The predicted molar refractivity (Wildman–Crippen MR) is 44.3 cm³/mol. The second-order valence-electron chi connectivity index (χ2n) is 3.00. The zero-order valence-electron chi connectivity index (χ0n) is 7.71. The Bertz CT molecular complexity index is 146. The summed E-state index contributed by atoms with van der Waals surface area (Å²) in [6, 6.07) is 0. The number of carbonyl (C=O) groups excluding carboxylic acids is 1. The third kappa shape index (κ3) is 4.17. The number of hydrogen-bond donors (Lipinski definition) is 0. The summed E-state index contributed by atoms with van der Waals surface area (Å²) >= 11 is 1.55. The summed E-state index contributed by atoms with van der Waals surface area (Å²) in [5.74, 6) is -0.929. The fourth-order valence-electron chi connectivity index (χ4n) is 1.37. The van der Waals surface area contributed by atoms with Crippen molar-refractivity contribution >= 4 is 17.7 Å². The van der Waals surface area contributed by atoms with Crippen molar-refractivity contribution in [2.75, 3.05) is 0 Å². The summed E-state index contributed by atoms with van der Waals surface area (Å²) in [6.45, 7) is 1.71. The molecule has 0 N–H and O–H groups in total. The van der Waals surface area contributed by atoms with Gasteiger partial charge in [-0.05, 0) is 19.8 Å². The van der Waals surface area contributed by atoms with Gasteiger partial charge in [0.25, 0.3) is 0 Å². The first-order valence-corrected chi connectivity index (χ1v) is 5.00. The Kier molecular flexibility index (Phi) is 6.73. The molecule has 0 bridgehead atoms. The largest absolute Gasteiger partial charge is 1.00 e. The van der Waals surface area contributed by atoms with Crippen molar-refractivity contribution in [1.29, 1.82) is 0 Å². The molecule has 0 aromatic heterocycles. The third-order valence-corrected chi connectivity index (χ3v) is 3.49. The fourth-order valence-corrected chi connectivity index (χ4v) is 2.66. The minimum Gasteiger partial charge on any atom is -0.549 e. The number of thioether (sulfide) groups is 1. The molecule has 1 atom stereocenters. The van der Waals surface area contributed by atoms with Gasteiger partial charge in [0.1, 0.15) is 0 Å². The first kappa shape index (κ1) is 12.8. The zero-order valence-corrected chi connectivity index (χ0v) is 10.5. The van der Waals surface area contributed by atoms with E-state index in [1.807, 2.05) is 0 Å². The van der Waals surface area contributed by atoms with Gasteiger partial charge in [-0.2, -0.15) is 0 Å². The zero-order chi connectivity index (χ0) is 8.27. The molecular formula is C8H13NaO2S. The van der Waals surface area contributed by atoms with Crippen molar-refractivity contribution in [2.45, 2.75) is 43.1 Å². The van der Waals surface area contributed by atoms with Gasteiger partial charge in [0, 0.05) is 10.5 Å². The first-order valence-electron chi connectivity index (χ1n) is 4.06. The van der Waals surface area contributed by atoms with Crippen LogP contribution in [0.5, 0.6) is 0 Å². The van der Waals surface area contributed by atoms with Crippen LogP contribution >= 0.6 is 11.8 Å². The maximum absolute atomic E-state index is 10.4. The second kappa shape index (κ2) is 6.30. The van der Waals surface area contributed by atoms with Crippen LogP contribution < -0.4 is 34.7 Å². The van der Waals surface area contributed by atoms with Gasteiger partial charge < -0.3 is 9.90 Å². The van der Waals surface area contributed by atoms with Crippen molar-refractivity contribution < 1.29 is 39.5 Å². The van der Waals surface area contributed by atoms with E-state index in [-0.39, 0.29) is 34.8 Å². The number of hydrogen-bond acceptors (Lipinski definition) is 3. The Labute approximate surface area is 99.8 Å². The van der Waals surface area contributed by atoms with Crippen LogP contribution in [-0.4, -0.2) is 16.5 Å². The van der Waals surface area contributed by atoms with Gasteiger partial charge in [-0.3, -0.25) is 0 Å². The monoisotopic (exact) mass is 196 g/mol. The van der Waals surface area contributed by atoms with Crippen LogP contribution in [-0.2, 0) is 4.79 Å². The van der Waals surface area contributed by atoms with Crippen LogP contribution in [0.3, 0.4) is 0 Å². The first-order chi connectivity index (χ1) is 5.20. The Morgan fingerprint density at radius 1 is 1.50 bits per heavy atom. The van der Waals surface area contributed by atoms with Crippen molar-refractivity contribution in [3.63, 3.8) is 0 Å². The Hall–Kier alpha value is 0.820. The SMILES string of the molecule is CC(SC1CCCC1)C(=O)[O-].[Na+]. The summed E-state index contributed by atoms with van der Waals surface area (Å²) in [7, 11) is 0. The van der Waals surface area contributed by atoms with E-state index in [0.29, 0.717) is 5.25 Å². The summed E-state index contributed by atoms with van der Waals surface area (Å²) < 4.78 is 0. The fraction of sp³-hybridized carbons (Fsp3) is 0.875. The van der Waals surface area contributed by atoms with Crippen molar-refractivity contribution in [1.82, 2.24) is 0 Å². The molecule has 1 rings (SSSR count). The molecule has 0 spiro atoms. The standard InChI is InChI=1S/C8H14O2S.Na/c1-6(8(9)10)11-7-4-2-3-5-7;/h6-7H,2-5H2,1H3,(H,9,10);/q;+1/p-1. The normalized spacial score (nSPS) is 20.1. The van der Waals surface area contributed by atoms with E-state index >= 15 is 0 Å². The number of carboxylic acids is 1. The molecule has 0 aromatic carbocycles. The van der Waals surface area contributed by atoms with Gasteiger partial charge in [-0.25, -0.2) is 0 Å². The van der Waals surface area contributed by atoms with Crippen LogP contribution in [0, 0.1) is 0 Å². The number of carbonyl (C=O) groups is 1. The van der Waals surface area contributed by atoms with Crippen LogP contribution in [0.2, 0.25) is 0 Å². The Balaban J connectivity index is 0.00000121. The van der Waals surface area contributed by atoms with E-state index in [2.05, 4.69) is 0 Å². The van der Waals surface area contributed by atoms with Gasteiger partial charge in [0.15, 0.2) is 0 Å². The maximum atomic E-state index is 10.4. The molecular weight excluding hydrogens is 183 g/mol. The molecule has 12 heavy (non-hydrogen) atoms. The molecule has 4 heteroatoms. The van der Waals surface area contributed by atoms with Gasteiger partial charge in [-0.1, -0.05) is 12.8 Å². The van der Waals surface area contributed by atoms with Crippen molar-refractivity contribution in [3.05, 3.63) is 0 Å². The minimum absolute atomic E-state index is 0. The maximum Gasteiger partial charge on any atom is 1.00 e. The summed E-state index contributed by atoms with van der Waals surface area (Å²) in [5.41, 5.74) is 0. The van der Waals surface area contributed by atoms with E-state index in [4.69, 9.17) is 0 Å². The molecule has 0 saturated heterocycles. The van der Waals surface area contributed by atoms with Crippen LogP contribution in [0.25, 0.3) is 0 Å². The number of aliphatic carboxylic acids is 1. The average molecular weight is 196 g/mol. The topological polar surface area (TPSA) is 40.1 Å². The summed E-state index contributed by atoms with van der Waals surface area (Å²) in [6.07, 6.45) is 4.89. The Morgan fingerprint density at radius 2 is 2.00 bits per heavy atom. The molecule has 1 unspecified atom stereocenters. The van der Waals surface area contributed by atoms with E-state index in [9.17, 15) is 9.90 Å².